The smallest absolute Gasteiger partial charge is 0.123 e. The van der Waals surface area contributed by atoms with Crippen LogP contribution in [0.25, 0.3) is 0 Å². The number of methoxy groups -OCH3 is 2. The minimum Gasteiger partial charge on any atom is -0.497 e. The number of hydrogen-bond donors (Lipinski definition) is 1. The molecule has 0 spiro atoms. The molecule has 1 aromatic carbocycles. The maximum atomic E-state index is 5.99. The second-order valence-corrected chi connectivity index (χ2v) is 5.67. The largest absolute Gasteiger partial charge is 0.497 e. The van der Waals surface area contributed by atoms with Crippen LogP contribution in [0.1, 0.15) is 31.9 Å². The van der Waals surface area contributed by atoms with Crippen molar-refractivity contribution in [3.63, 3.8) is 0 Å². The van der Waals surface area contributed by atoms with Gasteiger partial charge in [0.05, 0.1) is 14.2 Å². The lowest BCUT2D eigenvalue weighted by atomic mass is 9.92. The molecule has 0 bridgehead atoms. The summed E-state index contributed by atoms with van der Waals surface area (Å²) in [4.78, 5) is 2.51. The van der Waals surface area contributed by atoms with E-state index in [0.29, 0.717) is 24.5 Å². The number of benzene rings is 1. The van der Waals surface area contributed by atoms with Gasteiger partial charge in [-0.15, -0.1) is 0 Å². The molecule has 0 aromatic heterocycles. The Bertz CT molecular complexity index is 448. The highest BCUT2D eigenvalue weighted by Crippen LogP contribution is 2.42. The van der Waals surface area contributed by atoms with Crippen molar-refractivity contribution in [2.24, 2.45) is 11.7 Å². The molecule has 4 nitrogen and oxygen atoms in total. The van der Waals surface area contributed by atoms with Gasteiger partial charge >= 0.3 is 0 Å². The summed E-state index contributed by atoms with van der Waals surface area (Å²) in [6.07, 6.45) is 1.14. The monoisotopic (exact) mass is 278 g/mol. The quantitative estimate of drug-likeness (QED) is 0.898. The second kappa shape index (κ2) is 6.46. The summed E-state index contributed by atoms with van der Waals surface area (Å²) in [5.74, 6) is 2.26. The molecule has 0 amide bonds. The molecule has 1 heterocycles. The summed E-state index contributed by atoms with van der Waals surface area (Å²) in [7, 11) is 3.41. The first kappa shape index (κ1) is 15.1. The predicted octanol–water partition coefficient (Wildman–Crippen LogP) is 2.43. The van der Waals surface area contributed by atoms with Gasteiger partial charge in [0.2, 0.25) is 0 Å². The lowest BCUT2D eigenvalue weighted by Crippen LogP contribution is -2.33. The molecule has 2 atom stereocenters. The van der Waals surface area contributed by atoms with Gasteiger partial charge in [-0.2, -0.15) is 0 Å². The highest BCUT2D eigenvalue weighted by molar-refractivity contribution is 5.43. The summed E-state index contributed by atoms with van der Waals surface area (Å²) in [5.41, 5.74) is 7.18. The molecule has 1 saturated heterocycles. The fraction of sp³-hybridized carbons (Fsp3) is 0.625. The zero-order valence-corrected chi connectivity index (χ0v) is 12.9. The highest BCUT2D eigenvalue weighted by atomic mass is 16.5. The number of nitrogens with zero attached hydrogens (tertiary/aromatic N) is 1. The normalized spacial score (nSPS) is 23.3. The van der Waals surface area contributed by atoms with Crippen LogP contribution in [0, 0.1) is 5.92 Å². The molecule has 1 aliphatic rings. The summed E-state index contributed by atoms with van der Waals surface area (Å²) in [6.45, 7) is 6.26. The van der Waals surface area contributed by atoms with Gasteiger partial charge in [-0.25, -0.2) is 0 Å². The van der Waals surface area contributed by atoms with Crippen molar-refractivity contribution in [1.82, 2.24) is 4.90 Å². The van der Waals surface area contributed by atoms with Crippen LogP contribution in [0.15, 0.2) is 18.2 Å². The van der Waals surface area contributed by atoms with Crippen LogP contribution in [0.5, 0.6) is 11.5 Å². The Balaban J connectivity index is 2.44. The third kappa shape index (κ3) is 2.76. The first-order valence-corrected chi connectivity index (χ1v) is 7.30. The Kier molecular flexibility index (Phi) is 4.89. The highest BCUT2D eigenvalue weighted by Gasteiger charge is 2.37. The summed E-state index contributed by atoms with van der Waals surface area (Å²) in [6, 6.07) is 6.82. The third-order valence-electron chi connectivity index (χ3n) is 4.28. The number of likely N-dealkylation sites (tertiary alicyclic amines) is 1. The molecule has 112 valence electrons. The molecular weight excluding hydrogens is 252 g/mol. The van der Waals surface area contributed by atoms with Crippen LogP contribution in [-0.4, -0.2) is 38.3 Å². The van der Waals surface area contributed by atoms with Gasteiger partial charge in [0, 0.05) is 17.6 Å². The van der Waals surface area contributed by atoms with E-state index in [1.165, 1.54) is 5.56 Å². The van der Waals surface area contributed by atoms with Gasteiger partial charge in [0.1, 0.15) is 11.5 Å². The number of nitrogens with two attached hydrogens (primary N) is 1. The van der Waals surface area contributed by atoms with E-state index in [-0.39, 0.29) is 0 Å². The van der Waals surface area contributed by atoms with Gasteiger partial charge in [0.25, 0.3) is 0 Å². The summed E-state index contributed by atoms with van der Waals surface area (Å²) >= 11 is 0. The van der Waals surface area contributed by atoms with Crippen molar-refractivity contribution in [3.8, 4) is 11.5 Å². The standard InChI is InChI=1S/C16H26N2O2/c1-11(2)18-8-7-12(10-17)16(18)14-9-13(19-3)5-6-15(14)20-4/h5-6,9,11-12,16H,7-8,10,17H2,1-4H3. The fourth-order valence-corrected chi connectivity index (χ4v) is 3.21. The van der Waals surface area contributed by atoms with Gasteiger partial charge in [0.15, 0.2) is 0 Å². The Hall–Kier alpha value is -1.26. The molecule has 2 rings (SSSR count). The summed E-state index contributed by atoms with van der Waals surface area (Å²) in [5, 5.41) is 0. The minimum absolute atomic E-state index is 0.310. The average molecular weight is 278 g/mol. The molecule has 2 unspecified atom stereocenters. The number of ether oxygens (including phenoxy) is 2. The van der Waals surface area contributed by atoms with Crippen molar-refractivity contribution < 1.29 is 9.47 Å². The molecule has 1 aliphatic heterocycles. The van der Waals surface area contributed by atoms with Crippen LogP contribution < -0.4 is 15.2 Å². The minimum atomic E-state index is 0.310. The van der Waals surface area contributed by atoms with Crippen LogP contribution in [0.2, 0.25) is 0 Å². The number of hydrogen-bond acceptors (Lipinski definition) is 4. The Labute approximate surface area is 121 Å². The SMILES string of the molecule is COc1ccc(OC)c(C2C(CN)CCN2C(C)C)c1. The van der Waals surface area contributed by atoms with Crippen molar-refractivity contribution in [1.29, 1.82) is 0 Å². The summed E-state index contributed by atoms with van der Waals surface area (Å²) < 4.78 is 10.9. The molecule has 0 radical (unpaired) electrons. The van der Waals surface area contributed by atoms with Gasteiger partial charge < -0.3 is 15.2 Å². The lowest BCUT2D eigenvalue weighted by Gasteiger charge is -2.32. The molecular formula is C16H26N2O2. The van der Waals surface area contributed by atoms with E-state index >= 15 is 0 Å². The second-order valence-electron chi connectivity index (χ2n) is 5.67. The van der Waals surface area contributed by atoms with E-state index < -0.39 is 0 Å². The van der Waals surface area contributed by atoms with Gasteiger partial charge in [-0.1, -0.05) is 0 Å². The van der Waals surface area contributed by atoms with Crippen LogP contribution in [-0.2, 0) is 0 Å². The number of rotatable bonds is 5. The van der Waals surface area contributed by atoms with Crippen LogP contribution >= 0.6 is 0 Å². The van der Waals surface area contributed by atoms with E-state index in [1.54, 1.807) is 14.2 Å². The van der Waals surface area contributed by atoms with E-state index in [0.717, 1.165) is 24.5 Å². The van der Waals surface area contributed by atoms with Gasteiger partial charge in [-0.3, -0.25) is 4.90 Å². The van der Waals surface area contributed by atoms with Crippen molar-refractivity contribution in [3.05, 3.63) is 23.8 Å². The third-order valence-corrected chi connectivity index (χ3v) is 4.28. The van der Waals surface area contributed by atoms with Gasteiger partial charge in [-0.05, 0) is 57.5 Å². The Morgan fingerprint density at radius 1 is 1.30 bits per heavy atom. The first-order chi connectivity index (χ1) is 9.62. The molecule has 1 aromatic rings. The molecule has 1 fully saturated rings. The maximum absolute atomic E-state index is 5.99. The molecule has 2 N–H and O–H groups in total. The van der Waals surface area contributed by atoms with E-state index in [9.17, 15) is 0 Å². The fourth-order valence-electron chi connectivity index (χ4n) is 3.21. The molecule has 4 heteroatoms. The van der Waals surface area contributed by atoms with Crippen molar-refractivity contribution in [2.45, 2.75) is 32.4 Å². The maximum Gasteiger partial charge on any atom is 0.123 e. The predicted molar refractivity (Wildman–Crippen MR) is 81.3 cm³/mol. The van der Waals surface area contributed by atoms with Crippen molar-refractivity contribution in [2.75, 3.05) is 27.3 Å². The zero-order valence-electron chi connectivity index (χ0n) is 12.9. The molecule has 0 aliphatic carbocycles. The van der Waals surface area contributed by atoms with E-state index in [2.05, 4.69) is 24.8 Å². The zero-order chi connectivity index (χ0) is 14.7. The Morgan fingerprint density at radius 3 is 2.60 bits per heavy atom. The molecule has 20 heavy (non-hydrogen) atoms. The molecule has 0 saturated carbocycles. The topological polar surface area (TPSA) is 47.7 Å². The van der Waals surface area contributed by atoms with E-state index in [1.807, 2.05) is 12.1 Å². The Morgan fingerprint density at radius 2 is 2.05 bits per heavy atom. The van der Waals surface area contributed by atoms with Crippen LogP contribution in [0.4, 0.5) is 0 Å². The van der Waals surface area contributed by atoms with E-state index in [4.69, 9.17) is 15.2 Å². The lowest BCUT2D eigenvalue weighted by molar-refractivity contribution is 0.181. The van der Waals surface area contributed by atoms with Crippen molar-refractivity contribution >= 4 is 0 Å². The first-order valence-electron chi connectivity index (χ1n) is 7.30. The van der Waals surface area contributed by atoms with Crippen LogP contribution in [0.3, 0.4) is 0 Å². The average Bonchev–Trinajstić information content (AvgIpc) is 2.90.